The molecule has 0 aliphatic carbocycles. The number of aromatic amines is 1. The summed E-state index contributed by atoms with van der Waals surface area (Å²) in [6.07, 6.45) is -4.55. The summed E-state index contributed by atoms with van der Waals surface area (Å²) in [5.41, 5.74) is 5.14. The van der Waals surface area contributed by atoms with E-state index in [0.717, 1.165) is 6.07 Å². The number of nitrogens with one attached hydrogen (secondary N) is 2. The van der Waals surface area contributed by atoms with E-state index < -0.39 is 17.3 Å². The molecule has 0 saturated heterocycles. The molecule has 0 amide bonds. The second-order valence-corrected chi connectivity index (χ2v) is 5.49. The molecule has 0 fully saturated rings. The van der Waals surface area contributed by atoms with E-state index >= 15 is 0 Å². The molecule has 0 aliphatic heterocycles. The van der Waals surface area contributed by atoms with Gasteiger partial charge in [0.2, 0.25) is 11.9 Å². The molecular weight excluding hydrogens is 359 g/mol. The van der Waals surface area contributed by atoms with Crippen molar-refractivity contribution in [2.24, 2.45) is 10.7 Å². The van der Waals surface area contributed by atoms with Crippen LogP contribution in [-0.2, 0) is 6.18 Å². The number of rotatable bonds is 3. The number of benzene rings is 2. The molecule has 0 aliphatic rings. The Bertz CT molecular complexity index is 1030. The second kappa shape index (κ2) is 7.32. The van der Waals surface area contributed by atoms with Crippen molar-refractivity contribution in [2.45, 2.75) is 6.18 Å². The third-order valence-corrected chi connectivity index (χ3v) is 3.52. The van der Waals surface area contributed by atoms with Gasteiger partial charge >= 0.3 is 6.18 Å². The lowest BCUT2D eigenvalue weighted by atomic mass is 10.1. The van der Waals surface area contributed by atoms with Gasteiger partial charge in [0.15, 0.2) is 0 Å². The number of nitrogens with zero attached hydrogens (tertiary/aromatic N) is 2. The van der Waals surface area contributed by atoms with Crippen molar-refractivity contribution in [1.82, 2.24) is 9.97 Å². The van der Waals surface area contributed by atoms with Crippen LogP contribution in [0.3, 0.4) is 0 Å². The summed E-state index contributed by atoms with van der Waals surface area (Å²) in [6.45, 7) is 0. The van der Waals surface area contributed by atoms with Gasteiger partial charge in [-0.05, 0) is 12.1 Å². The Morgan fingerprint density at radius 3 is 2.44 bits per heavy atom. The smallest absolute Gasteiger partial charge is 0.369 e. The Hall–Kier alpha value is -3.62. The maximum atomic E-state index is 13.0. The predicted molar refractivity (Wildman–Crippen MR) is 96.6 cm³/mol. The number of hydrogen-bond acceptors (Lipinski definition) is 3. The van der Waals surface area contributed by atoms with E-state index in [-0.39, 0.29) is 17.6 Å². The van der Waals surface area contributed by atoms with E-state index in [9.17, 15) is 18.0 Å². The average Bonchev–Trinajstić information content (AvgIpc) is 2.61. The van der Waals surface area contributed by atoms with Gasteiger partial charge < -0.3 is 11.1 Å². The van der Waals surface area contributed by atoms with Gasteiger partial charge in [0.1, 0.15) is 0 Å². The number of hydrogen-bond donors (Lipinski definition) is 3. The van der Waals surface area contributed by atoms with Crippen molar-refractivity contribution in [3.63, 3.8) is 0 Å². The van der Waals surface area contributed by atoms with Gasteiger partial charge in [-0.1, -0.05) is 42.5 Å². The quantitative estimate of drug-likeness (QED) is 0.483. The fourth-order valence-corrected chi connectivity index (χ4v) is 2.37. The van der Waals surface area contributed by atoms with E-state index in [1.54, 1.807) is 24.3 Å². The van der Waals surface area contributed by atoms with Crippen molar-refractivity contribution in [1.29, 1.82) is 0 Å². The first kappa shape index (κ1) is 18.2. The molecule has 0 spiro atoms. The Labute approximate surface area is 151 Å². The highest BCUT2D eigenvalue weighted by Gasteiger charge is 2.33. The standard InChI is InChI=1S/C18H14F3N5O/c19-18(20,21)12-8-4-5-9-13(12)23-16(22)26-17-24-14(10-15(27)25-17)11-6-2-1-3-7-11/h1-10H,(H4,22,23,24,25,26,27). The third kappa shape index (κ3) is 4.51. The Kier molecular flexibility index (Phi) is 4.93. The zero-order valence-electron chi connectivity index (χ0n) is 13.8. The van der Waals surface area contributed by atoms with Crippen LogP contribution in [0.4, 0.5) is 24.8 Å². The molecule has 0 unspecified atom stereocenters. The topological polar surface area (TPSA) is 96.2 Å². The van der Waals surface area contributed by atoms with Crippen LogP contribution in [0.5, 0.6) is 0 Å². The minimum absolute atomic E-state index is 0.129. The number of nitrogens with two attached hydrogens (primary N) is 1. The lowest BCUT2D eigenvalue weighted by Crippen LogP contribution is -2.24. The van der Waals surface area contributed by atoms with E-state index in [1.807, 2.05) is 6.07 Å². The predicted octanol–water partition coefficient (Wildman–Crippen LogP) is 3.51. The van der Waals surface area contributed by atoms with E-state index in [4.69, 9.17) is 5.73 Å². The Morgan fingerprint density at radius 2 is 1.74 bits per heavy atom. The van der Waals surface area contributed by atoms with Gasteiger partial charge in [0.25, 0.3) is 5.56 Å². The molecule has 1 aromatic heterocycles. The highest BCUT2D eigenvalue weighted by Crippen LogP contribution is 2.34. The number of guanidine groups is 1. The fraction of sp³-hybridized carbons (Fsp3) is 0.0556. The van der Waals surface area contributed by atoms with Crippen molar-refractivity contribution in [2.75, 3.05) is 5.32 Å². The van der Waals surface area contributed by atoms with Crippen LogP contribution < -0.4 is 16.6 Å². The molecular formula is C18H14F3N5O. The zero-order valence-corrected chi connectivity index (χ0v) is 13.8. The van der Waals surface area contributed by atoms with Crippen molar-refractivity contribution >= 4 is 17.6 Å². The minimum atomic E-state index is -4.55. The van der Waals surface area contributed by atoms with Gasteiger partial charge in [-0.3, -0.25) is 9.78 Å². The number of halogens is 3. The molecule has 2 aromatic carbocycles. The SMILES string of the molecule is NC(=Nc1nc(-c2ccccc2)cc(=O)[nH]1)Nc1ccccc1C(F)(F)F. The lowest BCUT2D eigenvalue weighted by molar-refractivity contribution is -0.136. The van der Waals surface area contributed by atoms with Crippen molar-refractivity contribution in [3.8, 4) is 11.3 Å². The van der Waals surface area contributed by atoms with Gasteiger partial charge in [-0.25, -0.2) is 4.98 Å². The molecule has 27 heavy (non-hydrogen) atoms. The summed E-state index contributed by atoms with van der Waals surface area (Å²) in [7, 11) is 0. The van der Waals surface area contributed by atoms with Gasteiger partial charge in [-0.2, -0.15) is 18.2 Å². The van der Waals surface area contributed by atoms with E-state index in [2.05, 4.69) is 20.3 Å². The van der Waals surface area contributed by atoms with Crippen LogP contribution in [0, 0.1) is 0 Å². The van der Waals surface area contributed by atoms with Crippen LogP contribution in [-0.4, -0.2) is 15.9 Å². The number of anilines is 1. The number of aliphatic imine (C=N–C) groups is 1. The molecule has 0 atom stereocenters. The summed E-state index contributed by atoms with van der Waals surface area (Å²) in [6, 6.07) is 15.0. The zero-order chi connectivity index (χ0) is 19.4. The molecule has 0 bridgehead atoms. The first-order chi connectivity index (χ1) is 12.8. The molecule has 9 heteroatoms. The summed E-state index contributed by atoms with van der Waals surface area (Å²) >= 11 is 0. The molecule has 3 rings (SSSR count). The van der Waals surface area contributed by atoms with Crippen LogP contribution in [0.15, 0.2) is 70.5 Å². The number of H-pyrrole nitrogens is 1. The number of alkyl halides is 3. The number of para-hydroxylation sites is 1. The highest BCUT2D eigenvalue weighted by atomic mass is 19.4. The maximum absolute atomic E-state index is 13.0. The van der Waals surface area contributed by atoms with Gasteiger partial charge in [0.05, 0.1) is 16.9 Å². The molecule has 3 aromatic rings. The minimum Gasteiger partial charge on any atom is -0.369 e. The molecule has 0 saturated carbocycles. The summed E-state index contributed by atoms with van der Waals surface area (Å²) in [5.74, 6) is -0.476. The largest absolute Gasteiger partial charge is 0.418 e. The van der Waals surface area contributed by atoms with Crippen LogP contribution >= 0.6 is 0 Å². The number of aromatic nitrogens is 2. The van der Waals surface area contributed by atoms with Crippen LogP contribution in [0.25, 0.3) is 11.3 Å². The normalized spacial score (nSPS) is 12.0. The monoisotopic (exact) mass is 373 g/mol. The van der Waals surface area contributed by atoms with Crippen LogP contribution in [0.2, 0.25) is 0 Å². The van der Waals surface area contributed by atoms with Crippen molar-refractivity contribution in [3.05, 3.63) is 76.6 Å². The fourth-order valence-electron chi connectivity index (χ4n) is 2.37. The Morgan fingerprint density at radius 1 is 1.07 bits per heavy atom. The van der Waals surface area contributed by atoms with Crippen molar-refractivity contribution < 1.29 is 13.2 Å². The molecule has 0 radical (unpaired) electrons. The molecule has 1 heterocycles. The summed E-state index contributed by atoms with van der Waals surface area (Å²) in [5, 5.41) is 2.39. The van der Waals surface area contributed by atoms with Gasteiger partial charge in [0, 0.05) is 11.6 Å². The second-order valence-electron chi connectivity index (χ2n) is 5.49. The van der Waals surface area contributed by atoms with E-state index in [0.29, 0.717) is 11.3 Å². The van der Waals surface area contributed by atoms with Crippen LogP contribution in [0.1, 0.15) is 5.56 Å². The lowest BCUT2D eigenvalue weighted by Gasteiger charge is -2.13. The maximum Gasteiger partial charge on any atom is 0.418 e. The molecule has 138 valence electrons. The Balaban J connectivity index is 1.92. The summed E-state index contributed by atoms with van der Waals surface area (Å²) in [4.78, 5) is 22.3. The highest BCUT2D eigenvalue weighted by molar-refractivity contribution is 5.94. The van der Waals surface area contributed by atoms with E-state index in [1.165, 1.54) is 24.3 Å². The molecule has 4 N–H and O–H groups in total. The average molecular weight is 373 g/mol. The molecule has 6 nitrogen and oxygen atoms in total. The third-order valence-electron chi connectivity index (χ3n) is 3.52. The van der Waals surface area contributed by atoms with Gasteiger partial charge in [-0.15, -0.1) is 0 Å². The first-order valence-electron chi connectivity index (χ1n) is 7.77. The summed E-state index contributed by atoms with van der Waals surface area (Å²) < 4.78 is 39.1. The first-order valence-corrected chi connectivity index (χ1v) is 7.77.